The van der Waals surface area contributed by atoms with Gasteiger partial charge in [-0.3, -0.25) is 0 Å². The van der Waals surface area contributed by atoms with Gasteiger partial charge in [0.05, 0.1) is 6.54 Å². The normalized spacial score (nSPS) is 12.1. The zero-order valence-electron chi connectivity index (χ0n) is 7.37. The summed E-state index contributed by atoms with van der Waals surface area (Å²) in [5.41, 5.74) is 6.34. The minimum Gasteiger partial charge on any atom is -0.334 e. The first-order valence-corrected chi connectivity index (χ1v) is 3.97. The lowest BCUT2D eigenvalue weighted by Gasteiger charge is -1.89. The Balaban J connectivity index is 2.81. The third-order valence-electron chi connectivity index (χ3n) is 1.50. The molecule has 0 fully saturated rings. The first-order valence-electron chi connectivity index (χ1n) is 3.97. The molecule has 1 aromatic rings. The van der Waals surface area contributed by atoms with E-state index in [1.165, 1.54) is 0 Å². The van der Waals surface area contributed by atoms with Gasteiger partial charge in [0.15, 0.2) is 5.82 Å². The monoisotopic (exact) mass is 167 g/mol. The second kappa shape index (κ2) is 4.01. The smallest absolute Gasteiger partial charge is 0.253 e. The molecule has 0 saturated heterocycles. The van der Waals surface area contributed by atoms with Crippen LogP contribution in [-0.2, 0) is 6.54 Å². The van der Waals surface area contributed by atoms with E-state index in [1.54, 1.807) is 0 Å². The van der Waals surface area contributed by atoms with Crippen LogP contribution in [0.3, 0.4) is 0 Å². The van der Waals surface area contributed by atoms with E-state index in [-0.39, 0.29) is 0 Å². The largest absolute Gasteiger partial charge is 0.334 e. The molecule has 0 radical (unpaired) electrons. The lowest BCUT2D eigenvalue weighted by molar-refractivity contribution is 0.400. The molecule has 0 aliphatic heterocycles. The van der Waals surface area contributed by atoms with Gasteiger partial charge in [0.2, 0.25) is 0 Å². The van der Waals surface area contributed by atoms with E-state index >= 15 is 0 Å². The third-order valence-corrected chi connectivity index (χ3v) is 1.50. The van der Waals surface area contributed by atoms with E-state index in [1.807, 2.05) is 13.0 Å². The van der Waals surface area contributed by atoms with E-state index in [0.717, 1.165) is 12.0 Å². The van der Waals surface area contributed by atoms with Crippen LogP contribution < -0.4 is 5.73 Å². The molecule has 1 heterocycles. The Morgan fingerprint density at radius 1 is 1.67 bits per heavy atom. The number of hydrogen-bond acceptors (Lipinski definition) is 4. The summed E-state index contributed by atoms with van der Waals surface area (Å²) < 4.78 is 4.96. The van der Waals surface area contributed by atoms with Crippen molar-refractivity contribution in [2.75, 3.05) is 0 Å². The van der Waals surface area contributed by atoms with Crippen LogP contribution in [0.5, 0.6) is 0 Å². The molecule has 12 heavy (non-hydrogen) atoms. The molecule has 0 aromatic carbocycles. The quantitative estimate of drug-likeness (QED) is 0.737. The van der Waals surface area contributed by atoms with Crippen molar-refractivity contribution < 1.29 is 4.52 Å². The molecule has 1 aromatic heterocycles. The lowest BCUT2D eigenvalue weighted by Crippen LogP contribution is -1.97. The number of rotatable bonds is 3. The fourth-order valence-corrected chi connectivity index (χ4v) is 0.891. The highest BCUT2D eigenvalue weighted by Crippen LogP contribution is 2.10. The minimum absolute atomic E-state index is 0.322. The molecule has 0 saturated carbocycles. The van der Waals surface area contributed by atoms with Crippen molar-refractivity contribution >= 4 is 5.57 Å². The number of allylic oxidation sites excluding steroid dienone is 2. The summed E-state index contributed by atoms with van der Waals surface area (Å²) >= 11 is 0. The van der Waals surface area contributed by atoms with Crippen LogP contribution >= 0.6 is 0 Å². The lowest BCUT2D eigenvalue weighted by atomic mass is 10.2. The van der Waals surface area contributed by atoms with E-state index < -0.39 is 0 Å². The fraction of sp³-hybridized carbons (Fsp3) is 0.500. The van der Waals surface area contributed by atoms with Gasteiger partial charge in [-0.1, -0.05) is 18.2 Å². The second-order valence-corrected chi connectivity index (χ2v) is 2.52. The molecule has 4 nitrogen and oxygen atoms in total. The molecule has 0 amide bonds. The van der Waals surface area contributed by atoms with E-state index in [0.29, 0.717) is 18.3 Å². The van der Waals surface area contributed by atoms with Gasteiger partial charge in [-0.05, 0) is 13.3 Å². The number of nitrogens with two attached hydrogens (primary N) is 1. The summed E-state index contributed by atoms with van der Waals surface area (Å²) in [6, 6.07) is 0. The molecule has 0 unspecified atom stereocenters. The van der Waals surface area contributed by atoms with Gasteiger partial charge >= 0.3 is 0 Å². The van der Waals surface area contributed by atoms with Crippen LogP contribution in [0.2, 0.25) is 0 Å². The molecule has 1 rings (SSSR count). The van der Waals surface area contributed by atoms with Crippen LogP contribution in [0.1, 0.15) is 32.0 Å². The number of aromatic nitrogens is 2. The Kier molecular flexibility index (Phi) is 2.99. The minimum atomic E-state index is 0.322. The maximum absolute atomic E-state index is 5.33. The standard InChI is InChI=1S/C8H13N3O/c1-3-4-6(2)8-10-7(5-9)11-12-8/h4H,3,5,9H2,1-2H3/b6-4-. The van der Waals surface area contributed by atoms with E-state index in [4.69, 9.17) is 10.3 Å². The highest BCUT2D eigenvalue weighted by atomic mass is 16.5. The maximum atomic E-state index is 5.33. The molecule has 2 N–H and O–H groups in total. The Morgan fingerprint density at radius 3 is 2.92 bits per heavy atom. The van der Waals surface area contributed by atoms with Crippen LogP contribution in [0, 0.1) is 0 Å². The number of nitrogens with zero attached hydrogens (tertiary/aromatic N) is 2. The molecule has 66 valence electrons. The highest BCUT2D eigenvalue weighted by Gasteiger charge is 2.04. The average Bonchev–Trinajstić information content (AvgIpc) is 2.52. The topological polar surface area (TPSA) is 64.9 Å². The molecule has 0 atom stereocenters. The van der Waals surface area contributed by atoms with Gasteiger partial charge in [0.1, 0.15) is 0 Å². The number of hydrogen-bond donors (Lipinski definition) is 1. The summed E-state index contributed by atoms with van der Waals surface area (Å²) in [6.07, 6.45) is 3.00. The van der Waals surface area contributed by atoms with Gasteiger partial charge in [-0.2, -0.15) is 4.98 Å². The molecule has 0 aliphatic carbocycles. The van der Waals surface area contributed by atoms with E-state index in [9.17, 15) is 0 Å². The molecule has 0 spiro atoms. The van der Waals surface area contributed by atoms with Crippen molar-refractivity contribution in [3.63, 3.8) is 0 Å². The van der Waals surface area contributed by atoms with E-state index in [2.05, 4.69) is 17.1 Å². The van der Waals surface area contributed by atoms with Crippen molar-refractivity contribution in [1.82, 2.24) is 10.1 Å². The summed E-state index contributed by atoms with van der Waals surface area (Å²) in [4.78, 5) is 4.08. The highest BCUT2D eigenvalue weighted by molar-refractivity contribution is 5.55. The summed E-state index contributed by atoms with van der Waals surface area (Å²) in [5.74, 6) is 1.12. The molecular weight excluding hydrogens is 154 g/mol. The third kappa shape index (κ3) is 1.92. The van der Waals surface area contributed by atoms with Crippen LogP contribution in [0.15, 0.2) is 10.6 Å². The zero-order valence-corrected chi connectivity index (χ0v) is 7.37. The molecule has 4 heteroatoms. The zero-order chi connectivity index (χ0) is 8.97. The van der Waals surface area contributed by atoms with Crippen molar-refractivity contribution in [3.8, 4) is 0 Å². The molecular formula is C8H13N3O. The van der Waals surface area contributed by atoms with Crippen molar-refractivity contribution in [1.29, 1.82) is 0 Å². The summed E-state index contributed by atoms with van der Waals surface area (Å²) in [6.45, 7) is 4.32. The summed E-state index contributed by atoms with van der Waals surface area (Å²) in [5, 5.41) is 3.69. The van der Waals surface area contributed by atoms with Gasteiger partial charge in [0.25, 0.3) is 5.89 Å². The SMILES string of the molecule is CC/C=C(/C)c1nc(CN)no1. The molecule has 0 aliphatic rings. The van der Waals surface area contributed by atoms with Crippen LogP contribution in [0.25, 0.3) is 5.57 Å². The Hall–Kier alpha value is -1.16. The first kappa shape index (κ1) is 8.93. The van der Waals surface area contributed by atoms with Gasteiger partial charge in [0, 0.05) is 5.57 Å². The van der Waals surface area contributed by atoms with Crippen LogP contribution in [0.4, 0.5) is 0 Å². The molecule has 0 bridgehead atoms. The Bertz CT molecular complexity index is 278. The van der Waals surface area contributed by atoms with Crippen molar-refractivity contribution in [2.24, 2.45) is 5.73 Å². The Labute approximate surface area is 71.5 Å². The first-order chi connectivity index (χ1) is 5.77. The van der Waals surface area contributed by atoms with Gasteiger partial charge < -0.3 is 10.3 Å². The second-order valence-electron chi connectivity index (χ2n) is 2.52. The predicted octanol–water partition coefficient (Wildman–Crippen LogP) is 1.34. The van der Waals surface area contributed by atoms with Crippen molar-refractivity contribution in [3.05, 3.63) is 17.8 Å². The van der Waals surface area contributed by atoms with Crippen LogP contribution in [-0.4, -0.2) is 10.1 Å². The summed E-state index contributed by atoms with van der Waals surface area (Å²) in [7, 11) is 0. The average molecular weight is 167 g/mol. The Morgan fingerprint density at radius 2 is 2.42 bits per heavy atom. The van der Waals surface area contributed by atoms with Gasteiger partial charge in [-0.15, -0.1) is 0 Å². The fourth-order valence-electron chi connectivity index (χ4n) is 0.891. The van der Waals surface area contributed by atoms with Gasteiger partial charge in [-0.25, -0.2) is 0 Å². The maximum Gasteiger partial charge on any atom is 0.253 e. The van der Waals surface area contributed by atoms with Crippen molar-refractivity contribution in [2.45, 2.75) is 26.8 Å². The predicted molar refractivity (Wildman–Crippen MR) is 46.1 cm³/mol.